The number of amides is 4. The molecule has 2 heterocycles. The fraction of sp³-hybridized carbons (Fsp3) is 0.591. The van der Waals surface area contributed by atoms with Gasteiger partial charge < -0.3 is 14.5 Å². The van der Waals surface area contributed by atoms with Crippen molar-refractivity contribution in [1.29, 1.82) is 0 Å². The monoisotopic (exact) mass is 414 g/mol. The average Bonchev–Trinajstić information content (AvgIpc) is 2.78. The molecule has 3 aliphatic rings. The molecule has 30 heavy (non-hydrogen) atoms. The molecule has 0 atom stereocenters. The second kappa shape index (κ2) is 9.47. The fourth-order valence-corrected chi connectivity index (χ4v) is 4.74. The lowest BCUT2D eigenvalue weighted by Crippen LogP contribution is -2.56. The lowest BCUT2D eigenvalue weighted by atomic mass is 9.88. The Balaban J connectivity index is 1.18. The van der Waals surface area contributed by atoms with E-state index in [2.05, 4.69) is 10.2 Å². The zero-order valence-electron chi connectivity index (χ0n) is 17.3. The van der Waals surface area contributed by atoms with Crippen LogP contribution in [0.2, 0.25) is 0 Å². The Labute approximate surface area is 177 Å². The Bertz CT molecular complexity index is 756. The van der Waals surface area contributed by atoms with Gasteiger partial charge in [0.2, 0.25) is 5.91 Å². The van der Waals surface area contributed by atoms with Crippen molar-refractivity contribution in [3.63, 3.8) is 0 Å². The van der Waals surface area contributed by atoms with Crippen LogP contribution in [-0.2, 0) is 16.1 Å². The number of hydrogen-bond donors (Lipinski definition) is 1. The molecule has 1 N–H and O–H groups in total. The predicted molar refractivity (Wildman–Crippen MR) is 111 cm³/mol. The van der Waals surface area contributed by atoms with Crippen molar-refractivity contribution in [3.05, 3.63) is 35.9 Å². The Hall–Kier alpha value is -2.61. The first-order valence-corrected chi connectivity index (χ1v) is 10.9. The minimum Gasteiger partial charge on any atom is -0.445 e. The number of benzene rings is 1. The number of imide groups is 1. The highest BCUT2D eigenvalue weighted by Crippen LogP contribution is 2.28. The van der Waals surface area contributed by atoms with E-state index in [0.29, 0.717) is 38.7 Å². The van der Waals surface area contributed by atoms with Gasteiger partial charge in [-0.2, -0.15) is 0 Å². The molecule has 1 aliphatic carbocycles. The first-order chi connectivity index (χ1) is 14.6. The molecule has 4 rings (SSSR count). The molecule has 1 aromatic rings. The summed E-state index contributed by atoms with van der Waals surface area (Å²) >= 11 is 0. The van der Waals surface area contributed by atoms with Gasteiger partial charge in [-0.3, -0.25) is 15.0 Å². The van der Waals surface area contributed by atoms with Crippen molar-refractivity contribution >= 4 is 18.0 Å². The van der Waals surface area contributed by atoms with Crippen LogP contribution < -0.4 is 5.32 Å². The van der Waals surface area contributed by atoms with Gasteiger partial charge in [-0.15, -0.1) is 0 Å². The molecule has 1 aromatic carbocycles. The van der Waals surface area contributed by atoms with Crippen molar-refractivity contribution in [1.82, 2.24) is 20.0 Å². The molecule has 0 unspecified atom stereocenters. The predicted octanol–water partition coefficient (Wildman–Crippen LogP) is 2.19. The SMILES string of the molecule is O=C1CCN(C2CCC(N3CCN(C(=O)OCc4ccccc4)CC3)CC2)C(=O)N1. The van der Waals surface area contributed by atoms with E-state index in [9.17, 15) is 14.4 Å². The summed E-state index contributed by atoms with van der Waals surface area (Å²) in [6.07, 6.45) is 4.17. The average molecular weight is 415 g/mol. The van der Waals surface area contributed by atoms with Gasteiger partial charge in [0.25, 0.3) is 0 Å². The molecular weight excluding hydrogens is 384 g/mol. The number of rotatable bonds is 4. The van der Waals surface area contributed by atoms with E-state index in [1.54, 1.807) is 4.90 Å². The summed E-state index contributed by atoms with van der Waals surface area (Å²) in [6, 6.07) is 10.2. The second-order valence-electron chi connectivity index (χ2n) is 8.32. The number of nitrogens with one attached hydrogen (secondary N) is 1. The zero-order chi connectivity index (χ0) is 20.9. The molecule has 162 valence electrons. The number of nitrogens with zero attached hydrogens (tertiary/aromatic N) is 3. The number of carbonyl (C=O) groups excluding carboxylic acids is 3. The van der Waals surface area contributed by atoms with Crippen molar-refractivity contribution in [2.45, 2.75) is 50.8 Å². The van der Waals surface area contributed by atoms with Gasteiger partial charge in [0.1, 0.15) is 6.61 Å². The lowest BCUT2D eigenvalue weighted by molar-refractivity contribution is -0.121. The summed E-state index contributed by atoms with van der Waals surface area (Å²) in [5.41, 5.74) is 0.994. The van der Waals surface area contributed by atoms with Crippen LogP contribution >= 0.6 is 0 Å². The summed E-state index contributed by atoms with van der Waals surface area (Å²) in [7, 11) is 0. The van der Waals surface area contributed by atoms with Crippen LogP contribution in [0.3, 0.4) is 0 Å². The van der Waals surface area contributed by atoms with E-state index in [0.717, 1.165) is 44.3 Å². The summed E-state index contributed by atoms with van der Waals surface area (Å²) < 4.78 is 5.45. The van der Waals surface area contributed by atoms with Crippen LogP contribution in [0.15, 0.2) is 30.3 Å². The molecule has 8 heteroatoms. The van der Waals surface area contributed by atoms with Crippen molar-refractivity contribution in [2.75, 3.05) is 32.7 Å². The van der Waals surface area contributed by atoms with Gasteiger partial charge in [0.15, 0.2) is 0 Å². The number of carbonyl (C=O) groups is 3. The molecule has 0 bridgehead atoms. The second-order valence-corrected chi connectivity index (χ2v) is 8.32. The largest absolute Gasteiger partial charge is 0.445 e. The van der Waals surface area contributed by atoms with Gasteiger partial charge in [-0.1, -0.05) is 30.3 Å². The Morgan fingerprint density at radius 1 is 0.933 bits per heavy atom. The Kier molecular flexibility index (Phi) is 6.52. The van der Waals surface area contributed by atoms with Crippen LogP contribution in [-0.4, -0.2) is 77.5 Å². The quantitative estimate of drug-likeness (QED) is 0.817. The maximum atomic E-state index is 12.3. The highest BCUT2D eigenvalue weighted by molar-refractivity contribution is 5.96. The Morgan fingerprint density at radius 2 is 1.60 bits per heavy atom. The smallest absolute Gasteiger partial charge is 0.410 e. The molecule has 4 amide bonds. The van der Waals surface area contributed by atoms with E-state index in [4.69, 9.17) is 4.74 Å². The van der Waals surface area contributed by atoms with Crippen LogP contribution in [0, 0.1) is 0 Å². The number of ether oxygens (including phenoxy) is 1. The molecule has 2 saturated heterocycles. The molecular formula is C22H30N4O4. The van der Waals surface area contributed by atoms with Crippen molar-refractivity contribution < 1.29 is 19.1 Å². The Morgan fingerprint density at radius 3 is 2.27 bits per heavy atom. The standard InChI is InChI=1S/C22H30N4O4/c27-20-10-11-26(21(28)23-20)19-8-6-18(7-9-19)24-12-14-25(15-13-24)22(29)30-16-17-4-2-1-3-5-17/h1-5,18-19H,6-16H2,(H,23,27,28). The van der Waals surface area contributed by atoms with Gasteiger partial charge in [-0.05, 0) is 31.2 Å². The third-order valence-corrected chi connectivity index (χ3v) is 6.49. The highest BCUT2D eigenvalue weighted by Gasteiger charge is 2.35. The first-order valence-electron chi connectivity index (χ1n) is 10.9. The van der Waals surface area contributed by atoms with Crippen molar-refractivity contribution in [3.8, 4) is 0 Å². The normalized spacial score (nSPS) is 25.7. The third kappa shape index (κ3) is 4.92. The summed E-state index contributed by atoms with van der Waals surface area (Å²) in [6.45, 7) is 3.92. The summed E-state index contributed by atoms with van der Waals surface area (Å²) in [5.74, 6) is -0.176. The zero-order valence-corrected chi connectivity index (χ0v) is 17.3. The number of piperazine rings is 1. The van der Waals surface area contributed by atoms with Crippen molar-refractivity contribution in [2.24, 2.45) is 0 Å². The van der Waals surface area contributed by atoms with Crippen LogP contribution in [0.4, 0.5) is 9.59 Å². The van der Waals surface area contributed by atoms with E-state index in [1.165, 1.54) is 0 Å². The molecule has 0 aromatic heterocycles. The van der Waals surface area contributed by atoms with Crippen LogP contribution in [0.1, 0.15) is 37.7 Å². The van der Waals surface area contributed by atoms with Gasteiger partial charge in [-0.25, -0.2) is 9.59 Å². The third-order valence-electron chi connectivity index (χ3n) is 6.49. The first kappa shape index (κ1) is 20.7. The minimum atomic E-state index is -0.243. The molecule has 0 spiro atoms. The van der Waals surface area contributed by atoms with Crippen LogP contribution in [0.25, 0.3) is 0 Å². The number of urea groups is 1. The maximum absolute atomic E-state index is 12.3. The van der Waals surface area contributed by atoms with Gasteiger partial charge in [0, 0.05) is 51.2 Å². The maximum Gasteiger partial charge on any atom is 0.410 e. The minimum absolute atomic E-state index is 0.176. The molecule has 0 radical (unpaired) electrons. The lowest BCUT2D eigenvalue weighted by Gasteiger charge is -2.44. The van der Waals surface area contributed by atoms with Crippen LogP contribution in [0.5, 0.6) is 0 Å². The van der Waals surface area contributed by atoms with Gasteiger partial charge in [0.05, 0.1) is 0 Å². The molecule has 8 nitrogen and oxygen atoms in total. The molecule has 1 saturated carbocycles. The number of hydrogen-bond acceptors (Lipinski definition) is 5. The highest BCUT2D eigenvalue weighted by atomic mass is 16.6. The summed E-state index contributed by atoms with van der Waals surface area (Å²) in [4.78, 5) is 41.8. The summed E-state index contributed by atoms with van der Waals surface area (Å²) in [5, 5.41) is 2.43. The van der Waals surface area contributed by atoms with E-state index in [-0.39, 0.29) is 24.1 Å². The van der Waals surface area contributed by atoms with E-state index in [1.807, 2.05) is 35.2 Å². The van der Waals surface area contributed by atoms with Gasteiger partial charge >= 0.3 is 12.1 Å². The fourth-order valence-electron chi connectivity index (χ4n) is 4.74. The van der Waals surface area contributed by atoms with E-state index < -0.39 is 0 Å². The molecule has 2 aliphatic heterocycles. The molecule has 3 fully saturated rings. The topological polar surface area (TPSA) is 82.2 Å². The van der Waals surface area contributed by atoms with E-state index >= 15 is 0 Å².